The normalized spacial score (nSPS) is 14.0. The van der Waals surface area contributed by atoms with Crippen LogP contribution in [0, 0.1) is 0 Å². The average molecular weight is 1260 g/mol. The Hall–Kier alpha value is -12.4. The number of nitrogens with zero attached hydrogens (tertiary/aromatic N) is 2. The average Bonchev–Trinajstić information content (AvgIpc) is 1.65. The van der Waals surface area contributed by atoms with Crippen molar-refractivity contribution in [3.05, 3.63) is 379 Å². The minimum atomic E-state index is -0.629. The second-order valence-electron chi connectivity index (χ2n) is 27.4. The summed E-state index contributed by atoms with van der Waals surface area (Å²) in [5, 5.41) is 0. The van der Waals surface area contributed by atoms with Crippen LogP contribution in [-0.4, -0.2) is 6.71 Å². The number of hydrogen-bond acceptors (Lipinski definition) is 4. The lowest BCUT2D eigenvalue weighted by atomic mass is 9.33. The van der Waals surface area contributed by atoms with Crippen molar-refractivity contribution in [1.82, 2.24) is 0 Å². The third kappa shape index (κ3) is 8.54. The molecule has 15 aromatic rings. The summed E-state index contributed by atoms with van der Waals surface area (Å²) in [7, 11) is 0. The van der Waals surface area contributed by atoms with Crippen LogP contribution < -0.4 is 35.7 Å². The van der Waals surface area contributed by atoms with E-state index in [2.05, 4.69) is 369 Å². The Morgan fingerprint density at radius 1 is 0.242 bits per heavy atom. The Balaban J connectivity index is 0.932. The van der Waals surface area contributed by atoms with Crippen LogP contribution in [0.15, 0.2) is 346 Å². The van der Waals surface area contributed by atoms with Crippen molar-refractivity contribution in [2.45, 2.75) is 24.7 Å². The predicted molar refractivity (Wildman–Crippen MR) is 409 cm³/mol. The van der Waals surface area contributed by atoms with E-state index in [1.54, 1.807) is 0 Å². The fraction of sp³-hybridized carbons (Fsp3) is 0.0426. The zero-order chi connectivity index (χ0) is 65.5. The van der Waals surface area contributed by atoms with E-state index < -0.39 is 10.8 Å². The predicted octanol–water partition coefficient (Wildman–Crippen LogP) is 22.7. The molecular formula is C94H63BN2O2. The molecule has 0 unspecified atom stereocenters. The molecule has 0 N–H and O–H groups in total. The minimum absolute atomic E-state index is 0.294. The summed E-state index contributed by atoms with van der Waals surface area (Å²) in [6.45, 7) is 4.43. The molecule has 99 heavy (non-hydrogen) atoms. The summed E-state index contributed by atoms with van der Waals surface area (Å²) >= 11 is 0. The summed E-state index contributed by atoms with van der Waals surface area (Å²) < 4.78 is 14.7. The van der Waals surface area contributed by atoms with Gasteiger partial charge in [-0.1, -0.05) is 299 Å². The number of rotatable bonds is 8. The maximum Gasteiger partial charge on any atom is 0.252 e. The van der Waals surface area contributed by atoms with Gasteiger partial charge in [-0.05, 0) is 149 Å². The largest absolute Gasteiger partial charge is 0.457 e. The summed E-state index contributed by atoms with van der Waals surface area (Å²) in [5.41, 5.74) is 32.0. The third-order valence-electron chi connectivity index (χ3n) is 21.8. The van der Waals surface area contributed by atoms with Crippen molar-refractivity contribution in [2.75, 3.05) is 9.80 Å². The Morgan fingerprint density at radius 3 is 1.26 bits per heavy atom. The highest BCUT2D eigenvalue weighted by molar-refractivity contribution is 7.00. The maximum absolute atomic E-state index is 7.38. The van der Waals surface area contributed by atoms with Gasteiger partial charge in [0.15, 0.2) is 0 Å². The van der Waals surface area contributed by atoms with Crippen LogP contribution in [0.3, 0.4) is 0 Å². The van der Waals surface area contributed by atoms with E-state index in [0.717, 1.165) is 152 Å². The van der Waals surface area contributed by atoms with Crippen molar-refractivity contribution >= 4 is 57.2 Å². The van der Waals surface area contributed by atoms with Crippen molar-refractivity contribution in [1.29, 1.82) is 0 Å². The van der Waals surface area contributed by atoms with Crippen molar-refractivity contribution in [3.63, 3.8) is 0 Å². The molecule has 0 amide bonds. The Labute approximate surface area is 577 Å². The topological polar surface area (TPSA) is 24.9 Å². The molecule has 20 rings (SSSR count). The van der Waals surface area contributed by atoms with Crippen molar-refractivity contribution in [2.24, 2.45) is 0 Å². The Kier molecular flexibility index (Phi) is 12.7. The standard InChI is InChI=1S/C94H63BN2O2/c1-93(2)76-43-22-24-45-87(76)98-90-59-81-84(58-79(90)93)96(82-51-48-65(60-27-8-3-9-28-60)53-73(82)64-35-16-7-17-36-64)85-55-68(67-47-50-78-89(57-67)99-88-46-25-23-44-77(88)94(78)74-41-20-18-37-71(74)72-38-19-21-42-75(72)94)56-86-91(85)95(81)80-54-66(61-29-10-4-11-30-61)49-52-83(80)97(86)92-69(62-31-12-5-13-32-62)39-26-40-70(92)63-33-14-6-15-34-63/h3-59H,1-2H3. The van der Waals surface area contributed by atoms with E-state index in [1.807, 2.05) is 0 Å². The molecule has 0 radical (unpaired) electrons. The first-order chi connectivity index (χ1) is 48.9. The van der Waals surface area contributed by atoms with Gasteiger partial charge in [0.2, 0.25) is 0 Å². The van der Waals surface area contributed by atoms with Gasteiger partial charge in [0.25, 0.3) is 6.71 Å². The first-order valence-corrected chi connectivity index (χ1v) is 34.4. The zero-order valence-corrected chi connectivity index (χ0v) is 54.7. The van der Waals surface area contributed by atoms with E-state index in [1.165, 1.54) is 33.2 Å². The molecule has 0 saturated carbocycles. The number of ether oxygens (including phenoxy) is 2. The molecule has 0 fully saturated rings. The first-order valence-electron chi connectivity index (χ1n) is 34.4. The minimum Gasteiger partial charge on any atom is -0.457 e. The Morgan fingerprint density at radius 2 is 0.667 bits per heavy atom. The number of hydrogen-bond donors (Lipinski definition) is 0. The molecule has 0 aromatic heterocycles. The lowest BCUT2D eigenvalue weighted by molar-refractivity contribution is 0.418. The lowest BCUT2D eigenvalue weighted by Gasteiger charge is -2.46. The van der Waals surface area contributed by atoms with Gasteiger partial charge in [-0.25, -0.2) is 0 Å². The van der Waals surface area contributed by atoms with Gasteiger partial charge in [-0.2, -0.15) is 0 Å². The van der Waals surface area contributed by atoms with Crippen molar-refractivity contribution in [3.8, 4) is 101 Å². The van der Waals surface area contributed by atoms with E-state index in [9.17, 15) is 0 Å². The molecule has 4 nitrogen and oxygen atoms in total. The van der Waals surface area contributed by atoms with E-state index in [4.69, 9.17) is 9.47 Å². The van der Waals surface area contributed by atoms with Crippen LogP contribution in [0.5, 0.6) is 23.0 Å². The summed E-state index contributed by atoms with van der Waals surface area (Å²) in [6.07, 6.45) is 0. The number of para-hydroxylation sites is 3. The molecule has 15 aromatic carbocycles. The molecule has 0 saturated heterocycles. The molecule has 1 spiro atoms. The maximum atomic E-state index is 7.38. The van der Waals surface area contributed by atoms with E-state index in [0.29, 0.717) is 0 Å². The highest BCUT2D eigenvalue weighted by Crippen LogP contribution is 2.63. The van der Waals surface area contributed by atoms with Crippen molar-refractivity contribution < 1.29 is 9.47 Å². The smallest absolute Gasteiger partial charge is 0.252 e. The molecule has 0 atom stereocenters. The molecule has 1 aliphatic carbocycles. The zero-order valence-electron chi connectivity index (χ0n) is 54.7. The van der Waals surface area contributed by atoms with Crippen LogP contribution in [-0.2, 0) is 10.8 Å². The number of benzene rings is 15. The first kappa shape index (κ1) is 56.9. The molecule has 4 aliphatic heterocycles. The van der Waals surface area contributed by atoms with Gasteiger partial charge in [0.1, 0.15) is 23.0 Å². The number of anilines is 6. The third-order valence-corrected chi connectivity index (χ3v) is 21.8. The second-order valence-corrected chi connectivity index (χ2v) is 27.4. The lowest BCUT2D eigenvalue weighted by Crippen LogP contribution is -2.61. The van der Waals surface area contributed by atoms with Gasteiger partial charge in [-0.15, -0.1) is 0 Å². The molecular weight excluding hydrogens is 1200 g/mol. The quantitative estimate of drug-likeness (QED) is 0.142. The molecule has 4 heterocycles. The van der Waals surface area contributed by atoms with Gasteiger partial charge in [0, 0.05) is 67.1 Å². The summed E-state index contributed by atoms with van der Waals surface area (Å²) in [4.78, 5) is 5.26. The summed E-state index contributed by atoms with van der Waals surface area (Å²) in [5.74, 6) is 3.44. The molecule has 0 bridgehead atoms. The highest BCUT2D eigenvalue weighted by atomic mass is 16.5. The van der Waals surface area contributed by atoms with Gasteiger partial charge in [-0.3, -0.25) is 0 Å². The Bertz CT molecular complexity index is 5690. The van der Waals surface area contributed by atoms with E-state index >= 15 is 0 Å². The fourth-order valence-electron chi connectivity index (χ4n) is 17.3. The van der Waals surface area contributed by atoms with Gasteiger partial charge in [0.05, 0.1) is 16.8 Å². The fourth-order valence-corrected chi connectivity index (χ4v) is 17.3. The molecule has 5 heteroatoms. The van der Waals surface area contributed by atoms with Gasteiger partial charge < -0.3 is 19.3 Å². The summed E-state index contributed by atoms with van der Waals surface area (Å²) in [6, 6.07) is 128. The monoisotopic (exact) mass is 1260 g/mol. The van der Waals surface area contributed by atoms with Crippen LogP contribution in [0.25, 0.3) is 77.9 Å². The number of fused-ring (bicyclic) bond motifs is 15. The van der Waals surface area contributed by atoms with Crippen LogP contribution in [0.4, 0.5) is 34.1 Å². The van der Waals surface area contributed by atoms with Crippen LogP contribution in [0.2, 0.25) is 0 Å². The second kappa shape index (κ2) is 22.1. The van der Waals surface area contributed by atoms with Crippen LogP contribution >= 0.6 is 0 Å². The van der Waals surface area contributed by atoms with Gasteiger partial charge >= 0.3 is 0 Å². The van der Waals surface area contributed by atoms with E-state index in [-0.39, 0.29) is 6.71 Å². The molecule has 464 valence electrons. The highest BCUT2D eigenvalue weighted by Gasteiger charge is 2.52. The SMILES string of the molecule is CC1(C)c2ccccc2Oc2cc3c(cc21)N(c1ccc(-c2ccccc2)cc1-c1ccccc1)c1cc(-c2ccc4c(c2)Oc2ccccc2C42c4ccccc4-c4ccccc42)cc2c1B3c1cc(-c3ccccc3)ccc1N2c1c(-c2ccccc2)cccc1-c1ccccc1. The van der Waals surface area contributed by atoms with Crippen LogP contribution in [0.1, 0.15) is 47.2 Å². The molecule has 5 aliphatic rings.